The minimum Gasteiger partial charge on any atom is -0.295 e. The quantitative estimate of drug-likeness (QED) is 0.507. The van der Waals surface area contributed by atoms with Gasteiger partial charge < -0.3 is 0 Å². The summed E-state index contributed by atoms with van der Waals surface area (Å²) in [4.78, 5) is 11.3. The van der Waals surface area contributed by atoms with Gasteiger partial charge in [0.25, 0.3) is 0 Å². The van der Waals surface area contributed by atoms with Crippen LogP contribution in [-0.2, 0) is 4.79 Å². The van der Waals surface area contributed by atoms with Gasteiger partial charge in [0.05, 0.1) is 0 Å². The third-order valence-electron chi connectivity index (χ3n) is 3.23. The van der Waals surface area contributed by atoms with E-state index >= 15 is 0 Å². The Labute approximate surface area is 92.9 Å². The Balaban J connectivity index is 2.55. The topological polar surface area (TPSA) is 17.1 Å². The lowest BCUT2D eigenvalue weighted by atomic mass is 9.74. The third kappa shape index (κ3) is 3.55. The molecule has 0 bridgehead atoms. The molecule has 0 spiro atoms. The van der Waals surface area contributed by atoms with Crippen LogP contribution in [0.5, 0.6) is 0 Å². The second-order valence-electron chi connectivity index (χ2n) is 4.70. The third-order valence-corrected chi connectivity index (χ3v) is 3.23. The molecule has 0 N–H and O–H groups in total. The standard InChI is InChI=1S/C14H20O/c1-4-5-6-7-12-8-9-13(15)10-14(12)11(2)3/h1,8-9,11-12,14H,5-7,10H2,2-3H3/t12-,14+/m1/s1. The van der Waals surface area contributed by atoms with Crippen molar-refractivity contribution >= 4 is 5.78 Å². The first-order valence-electron chi connectivity index (χ1n) is 5.79. The van der Waals surface area contributed by atoms with Crippen molar-refractivity contribution in [3.63, 3.8) is 0 Å². The van der Waals surface area contributed by atoms with Gasteiger partial charge >= 0.3 is 0 Å². The lowest BCUT2D eigenvalue weighted by Gasteiger charge is -2.30. The number of rotatable bonds is 4. The van der Waals surface area contributed by atoms with Crippen molar-refractivity contribution in [2.45, 2.75) is 39.5 Å². The highest BCUT2D eigenvalue weighted by molar-refractivity contribution is 5.90. The van der Waals surface area contributed by atoms with Crippen molar-refractivity contribution in [2.75, 3.05) is 0 Å². The predicted octanol–water partition coefficient (Wildman–Crippen LogP) is 3.21. The van der Waals surface area contributed by atoms with Crippen LogP contribution in [0.1, 0.15) is 39.5 Å². The highest BCUT2D eigenvalue weighted by Gasteiger charge is 2.27. The van der Waals surface area contributed by atoms with Crippen molar-refractivity contribution in [3.8, 4) is 12.3 Å². The van der Waals surface area contributed by atoms with Crippen LogP contribution in [0.3, 0.4) is 0 Å². The molecule has 1 nitrogen and oxygen atoms in total. The van der Waals surface area contributed by atoms with Crippen LogP contribution in [-0.4, -0.2) is 5.78 Å². The molecule has 0 fully saturated rings. The predicted molar refractivity (Wildman–Crippen MR) is 63.3 cm³/mol. The SMILES string of the molecule is C#CCCC[C@@H]1C=CC(=O)C[C@H]1C(C)C. The molecule has 0 unspecified atom stereocenters. The maximum Gasteiger partial charge on any atom is 0.155 e. The summed E-state index contributed by atoms with van der Waals surface area (Å²) in [6.07, 6.45) is 12.8. The lowest BCUT2D eigenvalue weighted by molar-refractivity contribution is -0.116. The van der Waals surface area contributed by atoms with Gasteiger partial charge in [0.2, 0.25) is 0 Å². The normalized spacial score (nSPS) is 25.6. The summed E-state index contributed by atoms with van der Waals surface area (Å²) in [5.41, 5.74) is 0. The number of hydrogen-bond acceptors (Lipinski definition) is 1. The Hall–Kier alpha value is -1.03. The molecule has 0 amide bonds. The van der Waals surface area contributed by atoms with Gasteiger partial charge in [-0.1, -0.05) is 19.9 Å². The zero-order valence-corrected chi connectivity index (χ0v) is 9.70. The van der Waals surface area contributed by atoms with Crippen molar-refractivity contribution < 1.29 is 4.79 Å². The molecule has 82 valence electrons. The summed E-state index contributed by atoms with van der Waals surface area (Å²) >= 11 is 0. The van der Waals surface area contributed by atoms with E-state index in [2.05, 4.69) is 25.8 Å². The number of allylic oxidation sites excluding steroid dienone is 2. The molecule has 1 aliphatic rings. The molecule has 1 rings (SSSR count). The minimum absolute atomic E-state index is 0.280. The van der Waals surface area contributed by atoms with Crippen LogP contribution in [0, 0.1) is 30.1 Å². The molecule has 0 aromatic carbocycles. The van der Waals surface area contributed by atoms with E-state index in [-0.39, 0.29) is 5.78 Å². The molecule has 0 aromatic heterocycles. The average Bonchev–Trinajstić information content (AvgIpc) is 2.20. The molecule has 0 radical (unpaired) electrons. The van der Waals surface area contributed by atoms with Gasteiger partial charge in [-0.3, -0.25) is 4.79 Å². The Morgan fingerprint density at radius 1 is 1.60 bits per heavy atom. The number of terminal acetylenes is 1. The summed E-state index contributed by atoms with van der Waals surface area (Å²) in [7, 11) is 0. The second-order valence-corrected chi connectivity index (χ2v) is 4.70. The summed E-state index contributed by atoms with van der Waals surface area (Å²) in [6, 6.07) is 0. The van der Waals surface area contributed by atoms with E-state index in [1.165, 1.54) is 0 Å². The van der Waals surface area contributed by atoms with Gasteiger partial charge in [-0.15, -0.1) is 12.3 Å². The first-order valence-corrected chi connectivity index (χ1v) is 5.79. The lowest BCUT2D eigenvalue weighted by Crippen LogP contribution is -2.25. The minimum atomic E-state index is 0.280. The van der Waals surface area contributed by atoms with E-state index in [1.807, 2.05) is 0 Å². The summed E-state index contributed by atoms with van der Waals surface area (Å²) in [6.45, 7) is 4.40. The van der Waals surface area contributed by atoms with Crippen LogP contribution in [0.15, 0.2) is 12.2 Å². The molecule has 0 saturated heterocycles. The fourth-order valence-corrected chi connectivity index (χ4v) is 2.31. The monoisotopic (exact) mass is 204 g/mol. The second kappa shape index (κ2) is 5.75. The van der Waals surface area contributed by atoms with Gasteiger partial charge in [0.15, 0.2) is 5.78 Å². The van der Waals surface area contributed by atoms with E-state index in [4.69, 9.17) is 6.42 Å². The fraction of sp³-hybridized carbons (Fsp3) is 0.643. The maximum absolute atomic E-state index is 11.3. The average molecular weight is 204 g/mol. The molecule has 1 heteroatoms. The first kappa shape index (κ1) is 12.0. The van der Waals surface area contributed by atoms with E-state index in [0.717, 1.165) is 25.7 Å². The number of ketones is 1. The molecule has 2 atom stereocenters. The smallest absolute Gasteiger partial charge is 0.155 e. The maximum atomic E-state index is 11.3. The molecule has 0 aromatic rings. The van der Waals surface area contributed by atoms with Crippen molar-refractivity contribution in [1.82, 2.24) is 0 Å². The van der Waals surface area contributed by atoms with Gasteiger partial charge in [-0.2, -0.15) is 0 Å². The van der Waals surface area contributed by atoms with Crippen LogP contribution in [0.2, 0.25) is 0 Å². The van der Waals surface area contributed by atoms with Crippen LogP contribution >= 0.6 is 0 Å². The Bertz CT molecular complexity index is 280. The first-order chi connectivity index (χ1) is 7.15. The number of unbranched alkanes of at least 4 members (excludes halogenated alkanes) is 1. The summed E-state index contributed by atoms with van der Waals surface area (Å²) < 4.78 is 0. The van der Waals surface area contributed by atoms with Crippen molar-refractivity contribution in [3.05, 3.63) is 12.2 Å². The van der Waals surface area contributed by atoms with Gasteiger partial charge in [0.1, 0.15) is 0 Å². The summed E-state index contributed by atoms with van der Waals surface area (Å²) in [5, 5.41) is 0. The number of carbonyl (C=O) groups excluding carboxylic acids is 1. The van der Waals surface area contributed by atoms with Gasteiger partial charge in [0, 0.05) is 12.8 Å². The Morgan fingerprint density at radius 3 is 2.93 bits per heavy atom. The van der Waals surface area contributed by atoms with E-state index < -0.39 is 0 Å². The van der Waals surface area contributed by atoms with E-state index in [9.17, 15) is 4.79 Å². The van der Waals surface area contributed by atoms with Gasteiger partial charge in [-0.05, 0) is 36.7 Å². The Kier molecular flexibility index (Phi) is 4.62. The largest absolute Gasteiger partial charge is 0.295 e. The van der Waals surface area contributed by atoms with Crippen molar-refractivity contribution in [1.29, 1.82) is 0 Å². The van der Waals surface area contributed by atoms with Crippen LogP contribution < -0.4 is 0 Å². The highest BCUT2D eigenvalue weighted by Crippen LogP contribution is 2.32. The zero-order valence-electron chi connectivity index (χ0n) is 9.70. The molecule has 15 heavy (non-hydrogen) atoms. The Morgan fingerprint density at radius 2 is 2.33 bits per heavy atom. The molecule has 0 saturated carbocycles. The van der Waals surface area contributed by atoms with Crippen LogP contribution in [0.25, 0.3) is 0 Å². The number of hydrogen-bond donors (Lipinski definition) is 0. The highest BCUT2D eigenvalue weighted by atomic mass is 16.1. The van der Waals surface area contributed by atoms with Gasteiger partial charge in [-0.25, -0.2) is 0 Å². The zero-order chi connectivity index (χ0) is 11.3. The molecular formula is C14H20O. The summed E-state index contributed by atoms with van der Waals surface area (Å²) in [5.74, 6) is 4.59. The molecular weight excluding hydrogens is 184 g/mol. The molecule has 1 aliphatic carbocycles. The van der Waals surface area contributed by atoms with E-state index in [0.29, 0.717) is 17.8 Å². The van der Waals surface area contributed by atoms with E-state index in [1.54, 1.807) is 6.08 Å². The molecule has 0 heterocycles. The molecule has 0 aliphatic heterocycles. The van der Waals surface area contributed by atoms with Crippen LogP contribution in [0.4, 0.5) is 0 Å². The fourth-order valence-electron chi connectivity index (χ4n) is 2.31. The number of carbonyl (C=O) groups is 1. The van der Waals surface area contributed by atoms with Crippen molar-refractivity contribution in [2.24, 2.45) is 17.8 Å².